The minimum Gasteiger partial charge on any atom is -0.379 e. The zero-order valence-electron chi connectivity index (χ0n) is 15.2. The number of benzene rings is 2. The molecule has 0 spiro atoms. The standard InChI is InChI=1S/C21H20FN3O2S/c22-18-7-5-16(6-8-18)19-14-28-21(23-19)24-20(26)17-3-1-15(2-4-17)13-25-9-11-27-12-10-25/h1-8,14H,9-13H2,(H,23,24,26). The van der Waals surface area contributed by atoms with Gasteiger partial charge >= 0.3 is 0 Å². The van der Waals surface area contributed by atoms with Gasteiger partial charge in [-0.15, -0.1) is 11.3 Å². The van der Waals surface area contributed by atoms with Crippen LogP contribution in [0.5, 0.6) is 0 Å². The highest BCUT2D eigenvalue weighted by Crippen LogP contribution is 2.25. The van der Waals surface area contributed by atoms with Crippen molar-refractivity contribution in [1.29, 1.82) is 0 Å². The summed E-state index contributed by atoms with van der Waals surface area (Å²) in [5.74, 6) is -0.484. The van der Waals surface area contributed by atoms with Crippen molar-refractivity contribution in [3.8, 4) is 11.3 Å². The molecule has 2 heterocycles. The Hall–Kier alpha value is -2.61. The van der Waals surface area contributed by atoms with Crippen LogP contribution in [0.4, 0.5) is 9.52 Å². The van der Waals surface area contributed by atoms with Crippen LogP contribution >= 0.6 is 11.3 Å². The minimum absolute atomic E-state index is 0.196. The quantitative estimate of drug-likeness (QED) is 0.706. The Morgan fingerprint density at radius 2 is 1.82 bits per heavy atom. The third kappa shape index (κ3) is 4.62. The van der Waals surface area contributed by atoms with E-state index in [0.717, 1.165) is 38.4 Å². The summed E-state index contributed by atoms with van der Waals surface area (Å²) in [6.07, 6.45) is 0. The predicted octanol–water partition coefficient (Wildman–Crippen LogP) is 4.03. The number of thiazole rings is 1. The lowest BCUT2D eigenvalue weighted by Gasteiger charge is -2.26. The van der Waals surface area contributed by atoms with Crippen LogP contribution in [0, 0.1) is 5.82 Å². The number of amides is 1. The van der Waals surface area contributed by atoms with Gasteiger partial charge in [0, 0.05) is 36.1 Å². The number of carbonyl (C=O) groups is 1. The zero-order chi connectivity index (χ0) is 19.3. The van der Waals surface area contributed by atoms with Crippen LogP contribution in [0.3, 0.4) is 0 Å². The number of nitrogens with zero attached hydrogens (tertiary/aromatic N) is 2. The Labute approximate surface area is 166 Å². The van der Waals surface area contributed by atoms with Crippen LogP contribution in [-0.2, 0) is 11.3 Å². The van der Waals surface area contributed by atoms with E-state index in [1.54, 1.807) is 12.1 Å². The number of hydrogen-bond acceptors (Lipinski definition) is 5. The van der Waals surface area contributed by atoms with Crippen molar-refractivity contribution >= 4 is 22.4 Å². The summed E-state index contributed by atoms with van der Waals surface area (Å²) in [5.41, 5.74) is 3.28. The second-order valence-electron chi connectivity index (χ2n) is 6.58. The number of rotatable bonds is 5. The van der Waals surface area contributed by atoms with E-state index in [1.165, 1.54) is 29.0 Å². The van der Waals surface area contributed by atoms with Crippen LogP contribution in [0.1, 0.15) is 15.9 Å². The molecule has 0 radical (unpaired) electrons. The third-order valence-electron chi connectivity index (χ3n) is 4.59. The van der Waals surface area contributed by atoms with E-state index < -0.39 is 0 Å². The molecular weight excluding hydrogens is 377 g/mol. The Morgan fingerprint density at radius 3 is 2.54 bits per heavy atom. The number of nitrogens with one attached hydrogen (secondary N) is 1. The van der Waals surface area contributed by atoms with Gasteiger partial charge in [0.1, 0.15) is 5.82 Å². The summed E-state index contributed by atoms with van der Waals surface area (Å²) < 4.78 is 18.4. The van der Waals surface area contributed by atoms with Gasteiger partial charge in [0.25, 0.3) is 5.91 Å². The molecule has 2 aromatic carbocycles. The molecule has 1 aromatic heterocycles. The van der Waals surface area contributed by atoms with Gasteiger partial charge < -0.3 is 4.74 Å². The number of ether oxygens (including phenoxy) is 1. The first-order valence-electron chi connectivity index (χ1n) is 9.09. The van der Waals surface area contributed by atoms with E-state index in [2.05, 4.69) is 15.2 Å². The molecule has 4 rings (SSSR count). The maximum absolute atomic E-state index is 13.0. The van der Waals surface area contributed by atoms with E-state index in [-0.39, 0.29) is 11.7 Å². The normalized spacial score (nSPS) is 14.8. The molecule has 0 unspecified atom stereocenters. The van der Waals surface area contributed by atoms with E-state index >= 15 is 0 Å². The summed E-state index contributed by atoms with van der Waals surface area (Å²) in [6.45, 7) is 4.27. The molecule has 0 atom stereocenters. The van der Waals surface area contributed by atoms with E-state index in [9.17, 15) is 9.18 Å². The Morgan fingerprint density at radius 1 is 1.11 bits per heavy atom. The van der Waals surface area contributed by atoms with Crippen LogP contribution in [0.15, 0.2) is 53.9 Å². The molecule has 0 aliphatic carbocycles. The molecular formula is C21H20FN3O2S. The third-order valence-corrected chi connectivity index (χ3v) is 5.35. The van der Waals surface area contributed by atoms with Crippen molar-refractivity contribution in [2.75, 3.05) is 31.6 Å². The van der Waals surface area contributed by atoms with Crippen molar-refractivity contribution in [2.45, 2.75) is 6.54 Å². The van der Waals surface area contributed by atoms with E-state index in [0.29, 0.717) is 16.4 Å². The summed E-state index contributed by atoms with van der Waals surface area (Å²) >= 11 is 1.34. The fraction of sp³-hybridized carbons (Fsp3) is 0.238. The van der Waals surface area contributed by atoms with Crippen LogP contribution in [-0.4, -0.2) is 42.1 Å². The van der Waals surface area contributed by atoms with Gasteiger partial charge in [-0.1, -0.05) is 12.1 Å². The zero-order valence-corrected chi connectivity index (χ0v) is 16.0. The smallest absolute Gasteiger partial charge is 0.257 e. The molecule has 0 saturated carbocycles. The molecule has 1 N–H and O–H groups in total. The summed E-state index contributed by atoms with van der Waals surface area (Å²) in [4.78, 5) is 19.2. The van der Waals surface area contributed by atoms with Gasteiger partial charge in [-0.2, -0.15) is 0 Å². The molecule has 5 nitrogen and oxygen atoms in total. The fourth-order valence-corrected chi connectivity index (χ4v) is 3.75. The average molecular weight is 397 g/mol. The fourth-order valence-electron chi connectivity index (χ4n) is 3.03. The first kappa shape index (κ1) is 18.7. The van der Waals surface area contributed by atoms with Gasteiger partial charge in [0.05, 0.1) is 18.9 Å². The molecule has 7 heteroatoms. The monoisotopic (exact) mass is 397 g/mol. The van der Waals surface area contributed by atoms with Gasteiger partial charge in [-0.25, -0.2) is 9.37 Å². The second-order valence-corrected chi connectivity index (χ2v) is 7.44. The molecule has 28 heavy (non-hydrogen) atoms. The highest BCUT2D eigenvalue weighted by atomic mass is 32.1. The molecule has 1 aliphatic heterocycles. The number of anilines is 1. The lowest BCUT2D eigenvalue weighted by Crippen LogP contribution is -2.35. The average Bonchev–Trinajstić information content (AvgIpc) is 3.18. The van der Waals surface area contributed by atoms with Gasteiger partial charge in [0.15, 0.2) is 5.13 Å². The minimum atomic E-state index is -0.287. The highest BCUT2D eigenvalue weighted by molar-refractivity contribution is 7.14. The number of aromatic nitrogens is 1. The lowest BCUT2D eigenvalue weighted by atomic mass is 10.1. The van der Waals surface area contributed by atoms with Gasteiger partial charge in [0.2, 0.25) is 0 Å². The summed E-state index contributed by atoms with van der Waals surface area (Å²) in [7, 11) is 0. The van der Waals surface area contributed by atoms with E-state index in [1.807, 2.05) is 29.6 Å². The number of hydrogen-bond donors (Lipinski definition) is 1. The van der Waals surface area contributed by atoms with Crippen LogP contribution < -0.4 is 5.32 Å². The predicted molar refractivity (Wildman–Crippen MR) is 108 cm³/mol. The first-order valence-corrected chi connectivity index (χ1v) is 9.97. The Bertz CT molecular complexity index is 935. The molecule has 1 saturated heterocycles. The number of morpholine rings is 1. The molecule has 0 bridgehead atoms. The lowest BCUT2D eigenvalue weighted by molar-refractivity contribution is 0.0342. The van der Waals surface area contributed by atoms with Crippen molar-refractivity contribution in [3.63, 3.8) is 0 Å². The maximum Gasteiger partial charge on any atom is 0.257 e. The molecule has 1 aliphatic rings. The molecule has 1 fully saturated rings. The van der Waals surface area contributed by atoms with E-state index in [4.69, 9.17) is 4.74 Å². The maximum atomic E-state index is 13.0. The Balaban J connectivity index is 1.37. The second kappa shape index (κ2) is 8.60. The van der Waals surface area contributed by atoms with Crippen molar-refractivity contribution < 1.29 is 13.9 Å². The molecule has 144 valence electrons. The van der Waals surface area contributed by atoms with Crippen molar-refractivity contribution in [2.24, 2.45) is 0 Å². The summed E-state index contributed by atoms with van der Waals surface area (Å²) in [5, 5.41) is 5.19. The summed E-state index contributed by atoms with van der Waals surface area (Å²) in [6, 6.07) is 13.8. The SMILES string of the molecule is O=C(Nc1nc(-c2ccc(F)cc2)cs1)c1ccc(CN2CCOCC2)cc1. The molecule has 1 amide bonds. The van der Waals surface area contributed by atoms with Crippen LogP contribution in [0.2, 0.25) is 0 Å². The highest BCUT2D eigenvalue weighted by Gasteiger charge is 2.13. The topological polar surface area (TPSA) is 54.5 Å². The van der Waals surface area contributed by atoms with Gasteiger partial charge in [-0.3, -0.25) is 15.0 Å². The first-order chi connectivity index (χ1) is 13.7. The van der Waals surface area contributed by atoms with Crippen LogP contribution in [0.25, 0.3) is 11.3 Å². The van der Waals surface area contributed by atoms with Crippen molar-refractivity contribution in [3.05, 3.63) is 70.9 Å². The molecule has 3 aromatic rings. The van der Waals surface area contributed by atoms with Crippen molar-refractivity contribution in [1.82, 2.24) is 9.88 Å². The Kier molecular flexibility index (Phi) is 5.76. The number of carbonyl (C=O) groups excluding carboxylic acids is 1. The number of halogens is 1. The van der Waals surface area contributed by atoms with Gasteiger partial charge in [-0.05, 0) is 42.0 Å². The largest absolute Gasteiger partial charge is 0.379 e.